The van der Waals surface area contributed by atoms with E-state index < -0.39 is 10.0 Å². The van der Waals surface area contributed by atoms with Gasteiger partial charge in [-0.3, -0.25) is 0 Å². The minimum absolute atomic E-state index is 0.0231. The summed E-state index contributed by atoms with van der Waals surface area (Å²) in [5, 5.41) is 0. The van der Waals surface area contributed by atoms with E-state index in [1.54, 1.807) is 6.08 Å². The minimum atomic E-state index is -3.20. The molecule has 3 nitrogen and oxygen atoms in total. The Balaban J connectivity index is 4.13. The first-order valence-electron chi connectivity index (χ1n) is 4.58. The number of alkyl halides is 1. The van der Waals surface area contributed by atoms with E-state index in [-0.39, 0.29) is 17.7 Å². The lowest BCUT2D eigenvalue weighted by Gasteiger charge is -2.14. The smallest absolute Gasteiger partial charge is 0.212 e. The topological polar surface area (TPSA) is 46.2 Å². The van der Waals surface area contributed by atoms with Crippen LogP contribution in [-0.4, -0.2) is 26.1 Å². The molecule has 2 unspecified atom stereocenters. The molecule has 5 heteroatoms. The molecule has 0 spiro atoms. The molecule has 0 aliphatic rings. The summed E-state index contributed by atoms with van der Waals surface area (Å²) in [5.74, 6) is 0.416. The fourth-order valence-corrected chi connectivity index (χ4v) is 2.98. The molecule has 0 amide bonds. The fourth-order valence-electron chi connectivity index (χ4n) is 1.07. The summed E-state index contributed by atoms with van der Waals surface area (Å²) in [7, 11) is -3.20. The predicted molar refractivity (Wildman–Crippen MR) is 61.1 cm³/mol. The highest BCUT2D eigenvalue weighted by molar-refractivity contribution is 7.89. The Bertz CT molecular complexity index is 264. The van der Waals surface area contributed by atoms with Gasteiger partial charge in [0.15, 0.2) is 0 Å². The van der Waals surface area contributed by atoms with E-state index in [4.69, 9.17) is 11.6 Å². The molecule has 0 aliphatic heterocycles. The van der Waals surface area contributed by atoms with Gasteiger partial charge in [-0.25, -0.2) is 13.1 Å². The van der Waals surface area contributed by atoms with Crippen molar-refractivity contribution in [2.75, 3.05) is 11.6 Å². The van der Waals surface area contributed by atoms with E-state index in [0.29, 0.717) is 12.3 Å². The highest BCUT2D eigenvalue weighted by Crippen LogP contribution is 2.03. The van der Waals surface area contributed by atoms with Crippen molar-refractivity contribution in [1.29, 1.82) is 0 Å². The summed E-state index contributed by atoms with van der Waals surface area (Å²) in [6.45, 7) is 7.17. The zero-order chi connectivity index (χ0) is 11.2. The maximum Gasteiger partial charge on any atom is 0.212 e. The molecule has 0 rings (SSSR count). The van der Waals surface area contributed by atoms with Gasteiger partial charge in [0, 0.05) is 11.9 Å². The number of halogens is 1. The number of nitrogens with one attached hydrogen (secondary N) is 1. The molecule has 84 valence electrons. The zero-order valence-electron chi connectivity index (χ0n) is 8.66. The van der Waals surface area contributed by atoms with Crippen LogP contribution >= 0.6 is 11.6 Å². The molecule has 0 heterocycles. The minimum Gasteiger partial charge on any atom is -0.212 e. The molecule has 0 aromatic heterocycles. The van der Waals surface area contributed by atoms with Crippen molar-refractivity contribution in [1.82, 2.24) is 4.72 Å². The molecular weight excluding hydrogens is 222 g/mol. The van der Waals surface area contributed by atoms with Crippen LogP contribution < -0.4 is 4.72 Å². The fraction of sp³-hybridized carbons (Fsp3) is 0.778. The third-order valence-corrected chi connectivity index (χ3v) is 3.96. The van der Waals surface area contributed by atoms with E-state index >= 15 is 0 Å². The molecule has 2 atom stereocenters. The van der Waals surface area contributed by atoms with Crippen molar-refractivity contribution < 1.29 is 8.42 Å². The Hall–Kier alpha value is -0.0600. The van der Waals surface area contributed by atoms with Crippen LogP contribution in [0.3, 0.4) is 0 Å². The monoisotopic (exact) mass is 239 g/mol. The molecule has 0 saturated carbocycles. The average molecular weight is 240 g/mol. The van der Waals surface area contributed by atoms with Gasteiger partial charge in [0.2, 0.25) is 10.0 Å². The Morgan fingerprint density at radius 1 is 1.50 bits per heavy atom. The van der Waals surface area contributed by atoms with Crippen LogP contribution in [0.4, 0.5) is 0 Å². The van der Waals surface area contributed by atoms with Gasteiger partial charge < -0.3 is 0 Å². The van der Waals surface area contributed by atoms with Gasteiger partial charge in [-0.15, -0.1) is 18.2 Å². The van der Waals surface area contributed by atoms with E-state index in [1.807, 2.05) is 13.8 Å². The third-order valence-electron chi connectivity index (χ3n) is 1.67. The van der Waals surface area contributed by atoms with E-state index in [2.05, 4.69) is 11.3 Å². The summed E-state index contributed by atoms with van der Waals surface area (Å²) in [6, 6.07) is -0.0972. The summed E-state index contributed by atoms with van der Waals surface area (Å²) < 4.78 is 25.5. The standard InChI is InChI=1S/C9H18ClNO2S/c1-4-5-9(3)11-14(12,13)7-8(2)6-10/h4,8-9,11H,1,5-7H2,2-3H3. The Labute approximate surface area is 91.6 Å². The second kappa shape index (κ2) is 6.43. The first-order valence-corrected chi connectivity index (χ1v) is 6.76. The van der Waals surface area contributed by atoms with E-state index in [0.717, 1.165) is 0 Å². The maximum absolute atomic E-state index is 11.5. The normalized spacial score (nSPS) is 16.2. The molecule has 0 saturated heterocycles. The quantitative estimate of drug-likeness (QED) is 0.544. The molecule has 0 radical (unpaired) electrons. The van der Waals surface area contributed by atoms with E-state index in [9.17, 15) is 8.42 Å². The van der Waals surface area contributed by atoms with Crippen LogP contribution in [0.15, 0.2) is 12.7 Å². The van der Waals surface area contributed by atoms with Gasteiger partial charge >= 0.3 is 0 Å². The molecule has 0 fully saturated rings. The van der Waals surface area contributed by atoms with Crippen LogP contribution in [0, 0.1) is 5.92 Å². The Morgan fingerprint density at radius 3 is 2.50 bits per heavy atom. The van der Waals surface area contributed by atoms with Crippen molar-refractivity contribution in [3.05, 3.63) is 12.7 Å². The SMILES string of the molecule is C=CCC(C)NS(=O)(=O)CC(C)CCl. The van der Waals surface area contributed by atoms with Crippen LogP contribution in [0.1, 0.15) is 20.3 Å². The van der Waals surface area contributed by atoms with Gasteiger partial charge in [0.25, 0.3) is 0 Å². The number of hydrogen-bond donors (Lipinski definition) is 1. The summed E-state index contributed by atoms with van der Waals surface area (Å²) in [6.07, 6.45) is 2.33. The lowest BCUT2D eigenvalue weighted by atomic mass is 10.3. The lowest BCUT2D eigenvalue weighted by molar-refractivity contribution is 0.551. The summed E-state index contributed by atoms with van der Waals surface area (Å²) >= 11 is 5.55. The molecule has 0 aromatic carbocycles. The second-order valence-electron chi connectivity index (χ2n) is 3.58. The van der Waals surface area contributed by atoms with Gasteiger partial charge in [-0.05, 0) is 19.3 Å². The van der Waals surface area contributed by atoms with Crippen molar-refractivity contribution in [3.63, 3.8) is 0 Å². The van der Waals surface area contributed by atoms with Crippen molar-refractivity contribution >= 4 is 21.6 Å². The van der Waals surface area contributed by atoms with Gasteiger partial charge in [-0.2, -0.15) is 0 Å². The molecule has 0 bridgehead atoms. The Morgan fingerprint density at radius 2 is 2.07 bits per heavy atom. The van der Waals surface area contributed by atoms with E-state index in [1.165, 1.54) is 0 Å². The zero-order valence-corrected chi connectivity index (χ0v) is 10.2. The predicted octanol–water partition coefficient (Wildman–Crippen LogP) is 1.75. The molecule has 1 N–H and O–H groups in total. The van der Waals surface area contributed by atoms with Crippen molar-refractivity contribution in [2.24, 2.45) is 5.92 Å². The van der Waals surface area contributed by atoms with Gasteiger partial charge in [-0.1, -0.05) is 13.0 Å². The van der Waals surface area contributed by atoms with Crippen LogP contribution in [0.25, 0.3) is 0 Å². The Kier molecular flexibility index (Phi) is 6.40. The molecular formula is C9H18ClNO2S. The highest BCUT2D eigenvalue weighted by Gasteiger charge is 2.16. The lowest BCUT2D eigenvalue weighted by Crippen LogP contribution is -2.35. The van der Waals surface area contributed by atoms with Crippen LogP contribution in [0.5, 0.6) is 0 Å². The second-order valence-corrected chi connectivity index (χ2v) is 5.69. The van der Waals surface area contributed by atoms with Gasteiger partial charge in [0.05, 0.1) is 5.75 Å². The largest absolute Gasteiger partial charge is 0.212 e. The van der Waals surface area contributed by atoms with Crippen LogP contribution in [0.2, 0.25) is 0 Å². The molecule has 0 aliphatic carbocycles. The first-order chi connectivity index (χ1) is 6.41. The molecule has 0 aromatic rings. The highest BCUT2D eigenvalue weighted by atomic mass is 35.5. The number of rotatable bonds is 7. The average Bonchev–Trinajstić information content (AvgIpc) is 2.02. The number of hydrogen-bond acceptors (Lipinski definition) is 2. The number of sulfonamides is 1. The maximum atomic E-state index is 11.5. The van der Waals surface area contributed by atoms with Crippen molar-refractivity contribution in [2.45, 2.75) is 26.3 Å². The van der Waals surface area contributed by atoms with Gasteiger partial charge in [0.1, 0.15) is 0 Å². The first kappa shape index (κ1) is 13.9. The third kappa shape index (κ3) is 6.40. The summed E-state index contributed by atoms with van der Waals surface area (Å²) in [4.78, 5) is 0. The summed E-state index contributed by atoms with van der Waals surface area (Å²) in [5.41, 5.74) is 0. The van der Waals surface area contributed by atoms with Crippen LogP contribution in [-0.2, 0) is 10.0 Å². The van der Waals surface area contributed by atoms with Crippen molar-refractivity contribution in [3.8, 4) is 0 Å². The molecule has 14 heavy (non-hydrogen) atoms.